The van der Waals surface area contributed by atoms with Crippen molar-refractivity contribution in [3.8, 4) is 5.75 Å². The van der Waals surface area contributed by atoms with Gasteiger partial charge in [-0.1, -0.05) is 6.07 Å². The Labute approximate surface area is 127 Å². The number of hydrogen-bond acceptors (Lipinski definition) is 4. The number of aromatic amines is 1. The second-order valence-electron chi connectivity index (χ2n) is 4.82. The standard InChI is InChI=1S/C14H13F3N2O4/c1-7(6-20)19-13(22)9-5-18-11-8(12(9)21)3-2-4-10(11)23-14(15,16)17/h2-5,7,20H,6H2,1H3,(H,18,21)(H,19,22)/t7-/m0/s1. The van der Waals surface area contributed by atoms with Crippen LogP contribution in [0.1, 0.15) is 17.3 Å². The van der Waals surface area contributed by atoms with Crippen molar-refractivity contribution < 1.29 is 27.8 Å². The summed E-state index contributed by atoms with van der Waals surface area (Å²) in [6, 6.07) is 2.98. The molecular formula is C14H13F3N2O4. The second-order valence-corrected chi connectivity index (χ2v) is 4.82. The molecule has 23 heavy (non-hydrogen) atoms. The van der Waals surface area contributed by atoms with Crippen LogP contribution < -0.4 is 15.5 Å². The van der Waals surface area contributed by atoms with Crippen LogP contribution in [0.15, 0.2) is 29.2 Å². The number of fused-ring (bicyclic) bond motifs is 1. The first kappa shape index (κ1) is 16.8. The zero-order valence-corrected chi connectivity index (χ0v) is 11.9. The molecule has 1 amide bonds. The number of alkyl halides is 3. The van der Waals surface area contributed by atoms with Gasteiger partial charge in [0.15, 0.2) is 5.75 Å². The quantitative estimate of drug-likeness (QED) is 0.793. The van der Waals surface area contributed by atoms with Gasteiger partial charge in [-0.25, -0.2) is 0 Å². The Morgan fingerprint density at radius 3 is 2.74 bits per heavy atom. The molecule has 1 heterocycles. The molecule has 3 N–H and O–H groups in total. The van der Waals surface area contributed by atoms with E-state index >= 15 is 0 Å². The van der Waals surface area contributed by atoms with Gasteiger partial charge in [-0.15, -0.1) is 13.2 Å². The van der Waals surface area contributed by atoms with Gasteiger partial charge < -0.3 is 20.1 Å². The molecule has 2 rings (SSSR count). The van der Waals surface area contributed by atoms with Gasteiger partial charge in [-0.2, -0.15) is 0 Å². The summed E-state index contributed by atoms with van der Waals surface area (Å²) >= 11 is 0. The van der Waals surface area contributed by atoms with Crippen molar-refractivity contribution in [1.82, 2.24) is 10.3 Å². The molecule has 1 aromatic heterocycles. The highest BCUT2D eigenvalue weighted by Crippen LogP contribution is 2.27. The van der Waals surface area contributed by atoms with E-state index in [0.717, 1.165) is 12.3 Å². The third-order valence-corrected chi connectivity index (χ3v) is 3.00. The lowest BCUT2D eigenvalue weighted by atomic mass is 10.1. The largest absolute Gasteiger partial charge is 0.573 e. The van der Waals surface area contributed by atoms with Gasteiger partial charge in [0.05, 0.1) is 17.5 Å². The number of carbonyl (C=O) groups excluding carboxylic acids is 1. The number of H-pyrrole nitrogens is 1. The van der Waals surface area contributed by atoms with Gasteiger partial charge in [0.25, 0.3) is 5.91 Å². The number of hydrogen-bond donors (Lipinski definition) is 3. The van der Waals surface area contributed by atoms with E-state index in [4.69, 9.17) is 5.11 Å². The number of carbonyl (C=O) groups is 1. The molecule has 0 saturated heterocycles. The molecule has 0 radical (unpaired) electrons. The monoisotopic (exact) mass is 330 g/mol. The molecule has 124 valence electrons. The number of para-hydroxylation sites is 1. The zero-order chi connectivity index (χ0) is 17.2. The Morgan fingerprint density at radius 1 is 1.43 bits per heavy atom. The molecule has 0 aliphatic rings. The molecule has 1 atom stereocenters. The lowest BCUT2D eigenvalue weighted by Gasteiger charge is -2.13. The topological polar surface area (TPSA) is 91.4 Å². The van der Waals surface area contributed by atoms with Crippen LogP contribution in [-0.2, 0) is 0 Å². The number of ether oxygens (including phenoxy) is 1. The Kier molecular flexibility index (Phi) is 4.60. The summed E-state index contributed by atoms with van der Waals surface area (Å²) in [6.07, 6.45) is -3.90. The Bertz CT molecular complexity index is 786. The van der Waals surface area contributed by atoms with E-state index in [-0.39, 0.29) is 23.1 Å². The maximum atomic E-state index is 12.4. The maximum absolute atomic E-state index is 12.4. The van der Waals surface area contributed by atoms with E-state index in [9.17, 15) is 22.8 Å². The van der Waals surface area contributed by atoms with Crippen LogP contribution >= 0.6 is 0 Å². The third kappa shape index (κ3) is 3.81. The summed E-state index contributed by atoms with van der Waals surface area (Å²) in [5.74, 6) is -1.31. The van der Waals surface area contributed by atoms with E-state index in [1.54, 1.807) is 0 Å². The van der Waals surface area contributed by atoms with Crippen LogP contribution in [0.25, 0.3) is 10.9 Å². The molecule has 0 aliphatic carbocycles. The Morgan fingerprint density at radius 2 is 2.13 bits per heavy atom. The number of aliphatic hydroxyl groups excluding tert-OH is 1. The summed E-state index contributed by atoms with van der Waals surface area (Å²) in [4.78, 5) is 26.7. The predicted octanol–water partition coefficient (Wildman–Crippen LogP) is 1.54. The number of amides is 1. The van der Waals surface area contributed by atoms with E-state index in [1.807, 2.05) is 0 Å². The van der Waals surface area contributed by atoms with Crippen molar-refractivity contribution in [2.45, 2.75) is 19.3 Å². The highest BCUT2D eigenvalue weighted by Gasteiger charge is 2.32. The van der Waals surface area contributed by atoms with Crippen molar-refractivity contribution in [3.05, 3.63) is 40.2 Å². The van der Waals surface area contributed by atoms with Crippen molar-refractivity contribution in [2.75, 3.05) is 6.61 Å². The number of aliphatic hydroxyl groups is 1. The summed E-state index contributed by atoms with van der Waals surface area (Å²) in [7, 11) is 0. The van der Waals surface area contributed by atoms with Crippen LogP contribution in [-0.4, -0.2) is 35.0 Å². The number of halogens is 3. The molecule has 0 bridgehead atoms. The van der Waals surface area contributed by atoms with E-state index in [1.165, 1.54) is 19.1 Å². The summed E-state index contributed by atoms with van der Waals surface area (Å²) < 4.78 is 40.9. The minimum absolute atomic E-state index is 0.115. The molecule has 0 fully saturated rings. The normalized spacial score (nSPS) is 12.9. The molecule has 0 saturated carbocycles. The molecule has 1 aromatic carbocycles. The molecule has 0 unspecified atom stereocenters. The minimum atomic E-state index is -4.90. The molecule has 2 aromatic rings. The van der Waals surface area contributed by atoms with Crippen LogP contribution in [0.4, 0.5) is 13.2 Å². The molecule has 6 nitrogen and oxygen atoms in total. The van der Waals surface area contributed by atoms with Crippen molar-refractivity contribution in [1.29, 1.82) is 0 Å². The van der Waals surface area contributed by atoms with Crippen LogP contribution in [0.3, 0.4) is 0 Å². The predicted molar refractivity (Wildman–Crippen MR) is 75.3 cm³/mol. The first-order valence-electron chi connectivity index (χ1n) is 6.55. The number of pyridine rings is 1. The number of benzene rings is 1. The second kappa shape index (κ2) is 6.29. The van der Waals surface area contributed by atoms with Crippen LogP contribution in [0.2, 0.25) is 0 Å². The van der Waals surface area contributed by atoms with E-state index in [2.05, 4.69) is 15.0 Å². The van der Waals surface area contributed by atoms with E-state index < -0.39 is 29.5 Å². The Hall–Kier alpha value is -2.55. The van der Waals surface area contributed by atoms with Gasteiger partial charge in [0.1, 0.15) is 5.56 Å². The SMILES string of the molecule is C[C@@H](CO)NC(=O)c1c[nH]c2c(OC(F)(F)F)cccc2c1=O. The fourth-order valence-corrected chi connectivity index (χ4v) is 1.95. The van der Waals surface area contributed by atoms with Crippen LogP contribution in [0.5, 0.6) is 5.75 Å². The van der Waals surface area contributed by atoms with Gasteiger partial charge in [0, 0.05) is 12.2 Å². The van der Waals surface area contributed by atoms with E-state index in [0.29, 0.717) is 0 Å². The lowest BCUT2D eigenvalue weighted by Crippen LogP contribution is -2.37. The minimum Gasteiger partial charge on any atom is -0.404 e. The summed E-state index contributed by atoms with van der Waals surface area (Å²) in [5, 5.41) is 11.2. The van der Waals surface area contributed by atoms with Gasteiger partial charge >= 0.3 is 6.36 Å². The average Bonchev–Trinajstić information content (AvgIpc) is 2.46. The van der Waals surface area contributed by atoms with Gasteiger partial charge in [-0.3, -0.25) is 9.59 Å². The highest BCUT2D eigenvalue weighted by atomic mass is 19.4. The lowest BCUT2D eigenvalue weighted by molar-refractivity contribution is -0.274. The first-order valence-corrected chi connectivity index (χ1v) is 6.55. The van der Waals surface area contributed by atoms with Crippen molar-refractivity contribution in [2.24, 2.45) is 0 Å². The fourth-order valence-electron chi connectivity index (χ4n) is 1.95. The maximum Gasteiger partial charge on any atom is 0.573 e. The smallest absolute Gasteiger partial charge is 0.404 e. The molecule has 9 heteroatoms. The highest BCUT2D eigenvalue weighted by molar-refractivity contribution is 5.98. The van der Waals surface area contributed by atoms with Gasteiger partial charge in [0.2, 0.25) is 5.43 Å². The first-order chi connectivity index (χ1) is 10.7. The molecule has 0 spiro atoms. The van der Waals surface area contributed by atoms with Crippen molar-refractivity contribution in [3.63, 3.8) is 0 Å². The Balaban J connectivity index is 2.48. The molecular weight excluding hydrogens is 317 g/mol. The molecule has 0 aliphatic heterocycles. The number of aromatic nitrogens is 1. The zero-order valence-electron chi connectivity index (χ0n) is 11.9. The average molecular weight is 330 g/mol. The van der Waals surface area contributed by atoms with Crippen LogP contribution in [0, 0.1) is 0 Å². The number of rotatable bonds is 4. The third-order valence-electron chi connectivity index (χ3n) is 3.00. The number of nitrogens with one attached hydrogen (secondary N) is 2. The fraction of sp³-hybridized carbons (Fsp3) is 0.286. The summed E-state index contributed by atoms with van der Waals surface area (Å²) in [5.41, 5.74) is -1.18. The summed E-state index contributed by atoms with van der Waals surface area (Å²) in [6.45, 7) is 1.21. The van der Waals surface area contributed by atoms with Crippen molar-refractivity contribution >= 4 is 16.8 Å². The van der Waals surface area contributed by atoms with Gasteiger partial charge in [-0.05, 0) is 19.1 Å².